The van der Waals surface area contributed by atoms with E-state index < -0.39 is 24.1 Å². The van der Waals surface area contributed by atoms with E-state index in [1.54, 1.807) is 0 Å². The number of carbonyl (C=O) groups is 3. The molecular weight excluding hydrogens is 388 g/mol. The van der Waals surface area contributed by atoms with Gasteiger partial charge in [0.05, 0.1) is 0 Å². The number of urea groups is 1. The highest BCUT2D eigenvalue weighted by Crippen LogP contribution is 2.43. The van der Waals surface area contributed by atoms with Crippen LogP contribution in [0.2, 0.25) is 0 Å². The minimum atomic E-state index is -0.896. The summed E-state index contributed by atoms with van der Waals surface area (Å²) in [6.07, 6.45) is 2.90. The van der Waals surface area contributed by atoms with E-state index in [1.165, 1.54) is 0 Å². The maximum absolute atomic E-state index is 13.0. The van der Waals surface area contributed by atoms with Gasteiger partial charge in [-0.2, -0.15) is 4.98 Å². The zero-order chi connectivity index (χ0) is 22.3. The minimum absolute atomic E-state index is 0.165. The van der Waals surface area contributed by atoms with Gasteiger partial charge in [0.1, 0.15) is 12.1 Å². The van der Waals surface area contributed by atoms with E-state index in [0.29, 0.717) is 24.6 Å². The largest absolute Gasteiger partial charge is 0.454 e. The van der Waals surface area contributed by atoms with Crippen molar-refractivity contribution >= 4 is 17.9 Å². The highest BCUT2D eigenvalue weighted by molar-refractivity contribution is 6.08. The molecule has 1 aromatic heterocycles. The molecular formula is C21H32N4O5. The second kappa shape index (κ2) is 7.67. The molecule has 1 saturated carbocycles. The molecule has 1 aliphatic carbocycles. The summed E-state index contributed by atoms with van der Waals surface area (Å²) in [5.74, 6) is 0.135. The van der Waals surface area contributed by atoms with Crippen LogP contribution in [0.25, 0.3) is 0 Å². The van der Waals surface area contributed by atoms with Crippen molar-refractivity contribution in [1.29, 1.82) is 0 Å². The number of carbonyl (C=O) groups excluding carboxylic acids is 3. The van der Waals surface area contributed by atoms with E-state index >= 15 is 0 Å². The zero-order valence-corrected chi connectivity index (χ0v) is 18.7. The maximum atomic E-state index is 13.0. The summed E-state index contributed by atoms with van der Waals surface area (Å²) in [5.41, 5.74) is -1.02. The van der Waals surface area contributed by atoms with E-state index in [2.05, 4.69) is 36.2 Å². The number of ether oxygens (including phenoxy) is 1. The molecule has 9 heteroatoms. The first-order chi connectivity index (χ1) is 13.8. The predicted octanol–water partition coefficient (Wildman–Crippen LogP) is 2.94. The number of nitrogens with one attached hydrogen (secondary N) is 1. The predicted molar refractivity (Wildman–Crippen MR) is 107 cm³/mol. The summed E-state index contributed by atoms with van der Waals surface area (Å²) in [4.78, 5) is 42.8. The summed E-state index contributed by atoms with van der Waals surface area (Å²) < 4.78 is 10.2. The Balaban J connectivity index is 1.55. The van der Waals surface area contributed by atoms with Gasteiger partial charge in [-0.15, -0.1) is 0 Å². The number of aromatic nitrogens is 2. The molecule has 3 amide bonds. The number of amides is 3. The molecule has 0 atom stereocenters. The summed E-state index contributed by atoms with van der Waals surface area (Å²) in [7, 11) is 0. The molecule has 0 radical (unpaired) electrons. The van der Waals surface area contributed by atoms with Gasteiger partial charge in [0.25, 0.3) is 11.8 Å². The van der Waals surface area contributed by atoms with Crippen LogP contribution in [0.15, 0.2) is 4.52 Å². The first-order valence-corrected chi connectivity index (χ1v) is 10.4. The SMILES string of the molecule is CC(C)(C)c1noc(COC(=O)CN2C(=O)NC3(CCC(C(C)(C)C)CC3)C2=O)n1. The van der Waals surface area contributed by atoms with Gasteiger partial charge in [0, 0.05) is 5.41 Å². The van der Waals surface area contributed by atoms with E-state index in [-0.39, 0.29) is 29.2 Å². The van der Waals surface area contributed by atoms with Crippen LogP contribution >= 0.6 is 0 Å². The van der Waals surface area contributed by atoms with E-state index in [9.17, 15) is 14.4 Å². The molecule has 2 heterocycles. The van der Waals surface area contributed by atoms with E-state index in [4.69, 9.17) is 9.26 Å². The first-order valence-electron chi connectivity index (χ1n) is 10.4. The van der Waals surface area contributed by atoms with Gasteiger partial charge in [0.2, 0.25) is 0 Å². The van der Waals surface area contributed by atoms with Crippen molar-refractivity contribution < 1.29 is 23.6 Å². The lowest BCUT2D eigenvalue weighted by Crippen LogP contribution is -2.50. The molecule has 9 nitrogen and oxygen atoms in total. The Hall–Kier alpha value is -2.45. The number of nitrogens with zero attached hydrogens (tertiary/aromatic N) is 3. The highest BCUT2D eigenvalue weighted by Gasteiger charge is 2.53. The number of esters is 1. The molecule has 0 aromatic carbocycles. The van der Waals surface area contributed by atoms with Crippen LogP contribution < -0.4 is 5.32 Å². The Labute approximate surface area is 176 Å². The van der Waals surface area contributed by atoms with Crippen LogP contribution in [0.4, 0.5) is 4.79 Å². The topological polar surface area (TPSA) is 115 Å². The molecule has 1 spiro atoms. The molecule has 0 unspecified atom stereocenters. The molecule has 1 N–H and O–H groups in total. The zero-order valence-electron chi connectivity index (χ0n) is 18.7. The standard InChI is InChI=1S/C21H32N4O5/c1-19(2,3)13-7-9-21(10-8-13)17(27)25(18(28)23-21)11-15(26)29-12-14-22-16(24-30-14)20(4,5)6/h13H,7-12H2,1-6H3,(H,23,28). The van der Waals surface area contributed by atoms with Gasteiger partial charge in [-0.3, -0.25) is 14.5 Å². The quantitative estimate of drug-likeness (QED) is 0.588. The average molecular weight is 421 g/mol. The summed E-state index contributed by atoms with van der Waals surface area (Å²) in [6.45, 7) is 11.8. The third-order valence-corrected chi connectivity index (χ3v) is 6.09. The number of hydrogen-bond donors (Lipinski definition) is 1. The molecule has 1 aliphatic heterocycles. The number of imide groups is 1. The van der Waals surface area contributed by atoms with Crippen LogP contribution in [-0.4, -0.2) is 45.0 Å². The lowest BCUT2D eigenvalue weighted by molar-refractivity contribution is -0.149. The monoisotopic (exact) mass is 420 g/mol. The van der Waals surface area contributed by atoms with Crippen LogP contribution in [0.5, 0.6) is 0 Å². The maximum Gasteiger partial charge on any atom is 0.326 e. The van der Waals surface area contributed by atoms with Crippen LogP contribution in [0, 0.1) is 11.3 Å². The van der Waals surface area contributed by atoms with E-state index in [0.717, 1.165) is 17.7 Å². The number of rotatable bonds is 4. The first kappa shape index (κ1) is 22.2. The fraction of sp³-hybridized carbons (Fsp3) is 0.762. The minimum Gasteiger partial charge on any atom is -0.454 e. The Morgan fingerprint density at radius 3 is 2.37 bits per heavy atom. The molecule has 2 aliphatic rings. The van der Waals surface area contributed by atoms with Crippen molar-refractivity contribution in [1.82, 2.24) is 20.4 Å². The van der Waals surface area contributed by atoms with Gasteiger partial charge in [-0.25, -0.2) is 4.79 Å². The normalized spacial score (nSPS) is 25.0. The molecule has 1 aromatic rings. The Morgan fingerprint density at radius 1 is 1.20 bits per heavy atom. The molecule has 30 heavy (non-hydrogen) atoms. The summed E-state index contributed by atoms with van der Waals surface area (Å²) in [6, 6.07) is -0.543. The van der Waals surface area contributed by atoms with Gasteiger partial charge >= 0.3 is 12.0 Å². The van der Waals surface area contributed by atoms with Crippen molar-refractivity contribution in [3.63, 3.8) is 0 Å². The second-order valence-corrected chi connectivity index (χ2v) is 10.5. The van der Waals surface area contributed by atoms with Gasteiger partial charge < -0.3 is 14.6 Å². The molecule has 0 bridgehead atoms. The van der Waals surface area contributed by atoms with Crippen molar-refractivity contribution in [2.24, 2.45) is 11.3 Å². The van der Waals surface area contributed by atoms with Crippen molar-refractivity contribution in [2.75, 3.05) is 6.54 Å². The second-order valence-electron chi connectivity index (χ2n) is 10.5. The van der Waals surface area contributed by atoms with Gasteiger partial charge in [-0.05, 0) is 37.0 Å². The van der Waals surface area contributed by atoms with Crippen molar-refractivity contribution in [3.05, 3.63) is 11.7 Å². The lowest BCUT2D eigenvalue weighted by Gasteiger charge is -2.40. The molecule has 1 saturated heterocycles. The van der Waals surface area contributed by atoms with Crippen LogP contribution in [0.3, 0.4) is 0 Å². The van der Waals surface area contributed by atoms with Crippen molar-refractivity contribution in [2.45, 2.75) is 84.8 Å². The molecule has 3 rings (SSSR count). The van der Waals surface area contributed by atoms with Crippen LogP contribution in [-0.2, 0) is 26.3 Å². The van der Waals surface area contributed by atoms with Gasteiger partial charge in [-0.1, -0.05) is 46.7 Å². The van der Waals surface area contributed by atoms with Crippen molar-refractivity contribution in [3.8, 4) is 0 Å². The smallest absolute Gasteiger partial charge is 0.326 e. The molecule has 2 fully saturated rings. The van der Waals surface area contributed by atoms with Crippen LogP contribution in [0.1, 0.15) is 78.9 Å². The Kier molecular flexibility index (Phi) is 5.68. The van der Waals surface area contributed by atoms with Gasteiger partial charge in [0.15, 0.2) is 12.4 Å². The third-order valence-electron chi connectivity index (χ3n) is 6.09. The highest BCUT2D eigenvalue weighted by atomic mass is 16.6. The fourth-order valence-corrected chi connectivity index (χ4v) is 4.07. The number of hydrogen-bond acceptors (Lipinski definition) is 7. The summed E-state index contributed by atoms with van der Waals surface area (Å²) in [5, 5.41) is 6.70. The lowest BCUT2D eigenvalue weighted by atomic mass is 9.67. The Morgan fingerprint density at radius 2 is 1.83 bits per heavy atom. The van der Waals surface area contributed by atoms with E-state index in [1.807, 2.05) is 20.8 Å². The fourth-order valence-electron chi connectivity index (χ4n) is 4.07. The molecule has 166 valence electrons. The average Bonchev–Trinajstić information content (AvgIpc) is 3.20. The Bertz CT molecular complexity index is 825. The third kappa shape index (κ3) is 4.49. The summed E-state index contributed by atoms with van der Waals surface area (Å²) >= 11 is 0.